The van der Waals surface area contributed by atoms with Gasteiger partial charge in [0.2, 0.25) is 0 Å². The SMILES string of the molecule is COc1ccc(OC)c(CNCCCOCC(C)C)c1. The predicted octanol–water partition coefficient (Wildman–Crippen LogP) is 2.86. The van der Waals surface area contributed by atoms with Gasteiger partial charge in [0.1, 0.15) is 11.5 Å². The van der Waals surface area contributed by atoms with E-state index in [1.54, 1.807) is 14.2 Å². The summed E-state index contributed by atoms with van der Waals surface area (Å²) >= 11 is 0. The fourth-order valence-electron chi connectivity index (χ4n) is 1.86. The highest BCUT2D eigenvalue weighted by Crippen LogP contribution is 2.23. The van der Waals surface area contributed by atoms with Gasteiger partial charge in [-0.25, -0.2) is 0 Å². The lowest BCUT2D eigenvalue weighted by molar-refractivity contribution is 0.108. The van der Waals surface area contributed by atoms with Gasteiger partial charge in [-0.1, -0.05) is 13.8 Å². The largest absolute Gasteiger partial charge is 0.497 e. The zero-order valence-electron chi connectivity index (χ0n) is 13.1. The number of methoxy groups -OCH3 is 2. The third-order valence-electron chi connectivity index (χ3n) is 2.90. The van der Waals surface area contributed by atoms with Crippen molar-refractivity contribution in [3.8, 4) is 11.5 Å². The van der Waals surface area contributed by atoms with Crippen LogP contribution in [0, 0.1) is 5.92 Å². The Bertz CT molecular complexity index is 380. The van der Waals surface area contributed by atoms with E-state index in [0.29, 0.717) is 5.92 Å². The van der Waals surface area contributed by atoms with Gasteiger partial charge in [-0.15, -0.1) is 0 Å². The van der Waals surface area contributed by atoms with Gasteiger partial charge >= 0.3 is 0 Å². The summed E-state index contributed by atoms with van der Waals surface area (Å²) in [5, 5.41) is 3.40. The summed E-state index contributed by atoms with van der Waals surface area (Å²) in [5.74, 6) is 2.33. The molecule has 0 atom stereocenters. The highest BCUT2D eigenvalue weighted by Gasteiger charge is 2.04. The number of nitrogens with one attached hydrogen (secondary N) is 1. The summed E-state index contributed by atoms with van der Waals surface area (Å²) in [6.45, 7) is 7.66. The van der Waals surface area contributed by atoms with E-state index >= 15 is 0 Å². The Morgan fingerprint density at radius 1 is 1.15 bits per heavy atom. The maximum atomic E-state index is 5.54. The number of hydrogen-bond donors (Lipinski definition) is 1. The van der Waals surface area contributed by atoms with Crippen LogP contribution in [0.25, 0.3) is 0 Å². The van der Waals surface area contributed by atoms with Crippen molar-refractivity contribution >= 4 is 0 Å². The predicted molar refractivity (Wildman–Crippen MR) is 81.5 cm³/mol. The van der Waals surface area contributed by atoms with Crippen molar-refractivity contribution in [3.63, 3.8) is 0 Å². The molecule has 0 aliphatic carbocycles. The van der Waals surface area contributed by atoms with E-state index in [0.717, 1.165) is 49.8 Å². The van der Waals surface area contributed by atoms with Crippen LogP contribution in [-0.2, 0) is 11.3 Å². The lowest BCUT2D eigenvalue weighted by Crippen LogP contribution is -2.17. The molecule has 1 N–H and O–H groups in total. The average molecular weight is 281 g/mol. The first-order valence-electron chi connectivity index (χ1n) is 7.16. The normalized spacial score (nSPS) is 10.8. The summed E-state index contributed by atoms with van der Waals surface area (Å²) in [7, 11) is 3.36. The van der Waals surface area contributed by atoms with Crippen LogP contribution in [0.5, 0.6) is 11.5 Å². The van der Waals surface area contributed by atoms with Gasteiger partial charge in [0.05, 0.1) is 14.2 Å². The lowest BCUT2D eigenvalue weighted by atomic mass is 10.2. The summed E-state index contributed by atoms with van der Waals surface area (Å²) in [4.78, 5) is 0. The summed E-state index contributed by atoms with van der Waals surface area (Å²) in [6, 6.07) is 5.84. The van der Waals surface area contributed by atoms with E-state index in [2.05, 4.69) is 19.2 Å². The molecule has 0 amide bonds. The van der Waals surface area contributed by atoms with Gasteiger partial charge in [-0.05, 0) is 37.1 Å². The van der Waals surface area contributed by atoms with Crippen molar-refractivity contribution < 1.29 is 14.2 Å². The first-order chi connectivity index (χ1) is 9.67. The van der Waals surface area contributed by atoms with E-state index in [1.807, 2.05) is 18.2 Å². The number of hydrogen-bond acceptors (Lipinski definition) is 4. The zero-order chi connectivity index (χ0) is 14.8. The van der Waals surface area contributed by atoms with Crippen LogP contribution in [0.15, 0.2) is 18.2 Å². The zero-order valence-corrected chi connectivity index (χ0v) is 13.1. The minimum atomic E-state index is 0.601. The molecule has 0 aliphatic heterocycles. The molecular weight excluding hydrogens is 254 g/mol. The van der Waals surface area contributed by atoms with E-state index in [4.69, 9.17) is 14.2 Å². The molecule has 1 aromatic rings. The Kier molecular flexibility index (Phi) is 8.07. The van der Waals surface area contributed by atoms with Crippen LogP contribution in [-0.4, -0.2) is 34.0 Å². The molecule has 1 rings (SSSR count). The molecule has 0 unspecified atom stereocenters. The lowest BCUT2D eigenvalue weighted by Gasteiger charge is -2.11. The van der Waals surface area contributed by atoms with Gasteiger partial charge < -0.3 is 19.5 Å². The molecule has 0 fully saturated rings. The van der Waals surface area contributed by atoms with Crippen LogP contribution in [0.1, 0.15) is 25.8 Å². The van der Waals surface area contributed by atoms with Crippen LogP contribution >= 0.6 is 0 Å². The third kappa shape index (κ3) is 6.26. The maximum Gasteiger partial charge on any atom is 0.123 e. The molecule has 0 radical (unpaired) electrons. The first-order valence-corrected chi connectivity index (χ1v) is 7.16. The molecule has 20 heavy (non-hydrogen) atoms. The molecule has 0 bridgehead atoms. The van der Waals surface area contributed by atoms with E-state index < -0.39 is 0 Å². The second-order valence-corrected chi connectivity index (χ2v) is 5.18. The number of ether oxygens (including phenoxy) is 3. The van der Waals surface area contributed by atoms with Crippen LogP contribution in [0.4, 0.5) is 0 Å². The Balaban J connectivity index is 2.27. The van der Waals surface area contributed by atoms with Crippen molar-refractivity contribution in [3.05, 3.63) is 23.8 Å². The van der Waals surface area contributed by atoms with Gasteiger partial charge in [0, 0.05) is 25.3 Å². The Hall–Kier alpha value is -1.26. The Morgan fingerprint density at radius 2 is 1.95 bits per heavy atom. The summed E-state index contributed by atoms with van der Waals surface area (Å²) in [5.41, 5.74) is 1.11. The molecule has 4 nitrogen and oxygen atoms in total. The molecule has 4 heteroatoms. The van der Waals surface area contributed by atoms with Crippen molar-refractivity contribution in [1.29, 1.82) is 0 Å². The molecule has 114 valence electrons. The third-order valence-corrected chi connectivity index (χ3v) is 2.90. The van der Waals surface area contributed by atoms with Crippen molar-refractivity contribution in [2.24, 2.45) is 5.92 Å². The fourth-order valence-corrected chi connectivity index (χ4v) is 1.86. The second-order valence-electron chi connectivity index (χ2n) is 5.18. The average Bonchev–Trinajstić information content (AvgIpc) is 2.45. The Labute approximate surface area is 122 Å². The van der Waals surface area contributed by atoms with Gasteiger partial charge in [-0.3, -0.25) is 0 Å². The maximum absolute atomic E-state index is 5.54. The fraction of sp³-hybridized carbons (Fsp3) is 0.625. The molecule has 0 saturated heterocycles. The number of rotatable bonds is 10. The monoisotopic (exact) mass is 281 g/mol. The van der Waals surface area contributed by atoms with Crippen molar-refractivity contribution in [1.82, 2.24) is 5.32 Å². The molecule has 0 saturated carbocycles. The van der Waals surface area contributed by atoms with Gasteiger partial charge in [0.25, 0.3) is 0 Å². The Morgan fingerprint density at radius 3 is 2.60 bits per heavy atom. The summed E-state index contributed by atoms with van der Waals surface area (Å²) < 4.78 is 16.1. The topological polar surface area (TPSA) is 39.7 Å². The minimum absolute atomic E-state index is 0.601. The highest BCUT2D eigenvalue weighted by atomic mass is 16.5. The van der Waals surface area contributed by atoms with Crippen molar-refractivity contribution in [2.45, 2.75) is 26.8 Å². The quantitative estimate of drug-likeness (QED) is 0.669. The van der Waals surface area contributed by atoms with Gasteiger partial charge in [0.15, 0.2) is 0 Å². The first kappa shape index (κ1) is 16.8. The standard InChI is InChI=1S/C16H27NO3/c1-13(2)12-20-9-5-8-17-11-14-10-15(18-3)6-7-16(14)19-4/h6-7,10,13,17H,5,8-9,11-12H2,1-4H3. The molecule has 1 aromatic carbocycles. The van der Waals surface area contributed by atoms with E-state index in [-0.39, 0.29) is 0 Å². The van der Waals surface area contributed by atoms with Gasteiger partial charge in [-0.2, -0.15) is 0 Å². The van der Waals surface area contributed by atoms with E-state index in [1.165, 1.54) is 0 Å². The minimum Gasteiger partial charge on any atom is -0.497 e. The molecule has 0 aromatic heterocycles. The molecular formula is C16H27NO3. The van der Waals surface area contributed by atoms with Crippen LogP contribution in [0.2, 0.25) is 0 Å². The summed E-state index contributed by atoms with van der Waals surface area (Å²) in [6.07, 6.45) is 1.01. The molecule has 0 spiro atoms. The van der Waals surface area contributed by atoms with Crippen LogP contribution in [0.3, 0.4) is 0 Å². The van der Waals surface area contributed by atoms with Crippen molar-refractivity contribution in [2.75, 3.05) is 34.0 Å². The second kappa shape index (κ2) is 9.61. The highest BCUT2D eigenvalue weighted by molar-refractivity contribution is 5.40. The number of benzene rings is 1. The van der Waals surface area contributed by atoms with E-state index in [9.17, 15) is 0 Å². The molecule has 0 aliphatic rings. The van der Waals surface area contributed by atoms with Crippen LogP contribution < -0.4 is 14.8 Å². The molecule has 0 heterocycles. The smallest absolute Gasteiger partial charge is 0.123 e.